The average Bonchev–Trinajstić information content (AvgIpc) is 2.40. The molecule has 5 nitrogen and oxygen atoms in total. The third-order valence-corrected chi connectivity index (χ3v) is 5.96. The van der Waals surface area contributed by atoms with Gasteiger partial charge in [0.15, 0.2) is 9.84 Å². The van der Waals surface area contributed by atoms with E-state index in [1.165, 1.54) is 0 Å². The number of hydrogen-bond donors (Lipinski definition) is 2. The summed E-state index contributed by atoms with van der Waals surface area (Å²) in [5, 5.41) is 2.43. The van der Waals surface area contributed by atoms with Crippen molar-refractivity contribution in [2.24, 2.45) is 0 Å². The minimum absolute atomic E-state index is 0.0517. The van der Waals surface area contributed by atoms with Gasteiger partial charge in [-0.05, 0) is 50.5 Å². The summed E-state index contributed by atoms with van der Waals surface area (Å²) in [7, 11) is -3.09. The van der Waals surface area contributed by atoms with Crippen LogP contribution in [0.3, 0.4) is 0 Å². The zero-order chi connectivity index (χ0) is 16.0. The van der Waals surface area contributed by atoms with Crippen LogP contribution in [-0.2, 0) is 14.6 Å². The minimum Gasteiger partial charge on any atom is -0.399 e. The van der Waals surface area contributed by atoms with Crippen molar-refractivity contribution in [2.45, 2.75) is 45.3 Å². The number of hydrogen-bond acceptors (Lipinski definition) is 4. The molecule has 0 aromatic heterocycles. The zero-order valence-corrected chi connectivity index (χ0v) is 13.7. The van der Waals surface area contributed by atoms with Crippen molar-refractivity contribution in [2.75, 3.05) is 16.8 Å². The molecule has 0 radical (unpaired) electrons. The van der Waals surface area contributed by atoms with Gasteiger partial charge in [-0.15, -0.1) is 0 Å². The highest BCUT2D eigenvalue weighted by molar-refractivity contribution is 7.91. The van der Waals surface area contributed by atoms with Gasteiger partial charge >= 0.3 is 0 Å². The van der Waals surface area contributed by atoms with Crippen LogP contribution in [-0.4, -0.2) is 25.3 Å². The molecule has 0 heterocycles. The molecule has 118 valence electrons. The maximum Gasteiger partial charge on any atom is 0.224 e. The molecule has 1 aromatic rings. The molecule has 1 atom stereocenters. The SMILES string of the molecule is CCC(C)S(=O)(=O)CCCC(=O)Nc1ccc(N)cc1C. The number of benzene rings is 1. The summed E-state index contributed by atoms with van der Waals surface area (Å²) >= 11 is 0. The van der Waals surface area contributed by atoms with Crippen molar-refractivity contribution >= 4 is 27.1 Å². The van der Waals surface area contributed by atoms with Gasteiger partial charge in [0, 0.05) is 17.8 Å². The number of aryl methyl sites for hydroxylation is 1. The van der Waals surface area contributed by atoms with E-state index in [9.17, 15) is 13.2 Å². The lowest BCUT2D eigenvalue weighted by Crippen LogP contribution is -2.21. The molecule has 0 aliphatic rings. The quantitative estimate of drug-likeness (QED) is 0.757. The molecule has 1 rings (SSSR count). The Morgan fingerprint density at radius 3 is 2.62 bits per heavy atom. The summed E-state index contributed by atoms with van der Waals surface area (Å²) in [5.41, 5.74) is 7.88. The number of anilines is 2. The maximum absolute atomic E-state index is 11.8. The zero-order valence-electron chi connectivity index (χ0n) is 12.8. The van der Waals surface area contributed by atoms with Gasteiger partial charge in [-0.2, -0.15) is 0 Å². The highest BCUT2D eigenvalue weighted by atomic mass is 32.2. The molecule has 6 heteroatoms. The Labute approximate surface area is 126 Å². The van der Waals surface area contributed by atoms with E-state index in [-0.39, 0.29) is 23.3 Å². The van der Waals surface area contributed by atoms with E-state index in [2.05, 4.69) is 5.32 Å². The van der Waals surface area contributed by atoms with Crippen molar-refractivity contribution < 1.29 is 13.2 Å². The predicted octanol–water partition coefficient (Wildman–Crippen LogP) is 2.51. The summed E-state index contributed by atoms with van der Waals surface area (Å²) in [6, 6.07) is 5.25. The number of nitrogens with one attached hydrogen (secondary N) is 1. The third-order valence-electron chi connectivity index (χ3n) is 3.55. The van der Waals surface area contributed by atoms with Crippen LogP contribution in [0, 0.1) is 6.92 Å². The van der Waals surface area contributed by atoms with E-state index in [1.54, 1.807) is 25.1 Å². The summed E-state index contributed by atoms with van der Waals surface area (Å²) in [5.74, 6) is -0.127. The highest BCUT2D eigenvalue weighted by Crippen LogP contribution is 2.18. The molecule has 0 aliphatic carbocycles. The number of carbonyl (C=O) groups excluding carboxylic acids is 1. The second-order valence-corrected chi connectivity index (χ2v) is 7.85. The Kier molecular flexibility index (Phi) is 6.20. The van der Waals surface area contributed by atoms with Crippen molar-refractivity contribution in [1.82, 2.24) is 0 Å². The Morgan fingerprint density at radius 2 is 2.05 bits per heavy atom. The number of carbonyl (C=O) groups is 1. The van der Waals surface area contributed by atoms with Crippen molar-refractivity contribution in [1.29, 1.82) is 0 Å². The molecule has 0 aliphatic heterocycles. The topological polar surface area (TPSA) is 89.3 Å². The van der Waals surface area contributed by atoms with Gasteiger partial charge in [-0.25, -0.2) is 8.42 Å². The number of sulfone groups is 1. The highest BCUT2D eigenvalue weighted by Gasteiger charge is 2.18. The van der Waals surface area contributed by atoms with Crippen molar-refractivity contribution in [3.8, 4) is 0 Å². The fourth-order valence-corrected chi connectivity index (χ4v) is 3.39. The van der Waals surface area contributed by atoms with Crippen LogP contribution >= 0.6 is 0 Å². The van der Waals surface area contributed by atoms with Crippen LogP contribution < -0.4 is 11.1 Å². The van der Waals surface area contributed by atoms with Crippen LogP contribution in [0.4, 0.5) is 11.4 Å². The summed E-state index contributed by atoms with van der Waals surface area (Å²) in [6.45, 7) is 5.41. The molecule has 21 heavy (non-hydrogen) atoms. The number of amides is 1. The van der Waals surface area contributed by atoms with Crippen molar-refractivity contribution in [3.05, 3.63) is 23.8 Å². The first-order valence-electron chi connectivity index (χ1n) is 7.13. The van der Waals surface area contributed by atoms with Crippen LogP contribution in [0.1, 0.15) is 38.7 Å². The number of rotatable bonds is 7. The first-order chi connectivity index (χ1) is 9.76. The van der Waals surface area contributed by atoms with Gasteiger partial charge in [-0.3, -0.25) is 4.79 Å². The Morgan fingerprint density at radius 1 is 1.38 bits per heavy atom. The fourth-order valence-electron chi connectivity index (χ4n) is 1.93. The van der Waals surface area contributed by atoms with E-state index in [0.29, 0.717) is 24.2 Å². The first-order valence-corrected chi connectivity index (χ1v) is 8.85. The lowest BCUT2D eigenvalue weighted by molar-refractivity contribution is -0.116. The van der Waals surface area contributed by atoms with E-state index in [1.807, 2.05) is 13.8 Å². The third kappa shape index (κ3) is 5.38. The monoisotopic (exact) mass is 312 g/mol. The fraction of sp³-hybridized carbons (Fsp3) is 0.533. The summed E-state index contributed by atoms with van der Waals surface area (Å²) in [6.07, 6.45) is 1.13. The Hall–Kier alpha value is -1.56. The molecule has 3 N–H and O–H groups in total. The second-order valence-electron chi connectivity index (χ2n) is 5.31. The number of nitrogen functional groups attached to an aromatic ring is 1. The standard InChI is InChI=1S/C15H24N2O3S/c1-4-12(3)21(19,20)9-5-6-15(18)17-14-8-7-13(16)10-11(14)2/h7-8,10,12H,4-6,9,16H2,1-3H3,(H,17,18). The molecule has 1 aromatic carbocycles. The van der Waals surface area contributed by atoms with E-state index in [4.69, 9.17) is 5.73 Å². The predicted molar refractivity (Wildman–Crippen MR) is 87.0 cm³/mol. The van der Waals surface area contributed by atoms with Crippen LogP contribution in [0.25, 0.3) is 0 Å². The number of nitrogens with two attached hydrogens (primary N) is 1. The molecule has 0 spiro atoms. The average molecular weight is 312 g/mol. The molecule has 0 saturated carbocycles. The van der Waals surface area contributed by atoms with Gasteiger partial charge in [0.05, 0.1) is 11.0 Å². The normalized spacial score (nSPS) is 12.9. The van der Waals surface area contributed by atoms with Crippen LogP contribution in [0.5, 0.6) is 0 Å². The van der Waals surface area contributed by atoms with Gasteiger partial charge in [0.25, 0.3) is 0 Å². The van der Waals surface area contributed by atoms with E-state index >= 15 is 0 Å². The summed E-state index contributed by atoms with van der Waals surface area (Å²) in [4.78, 5) is 11.8. The molecule has 1 amide bonds. The minimum atomic E-state index is -3.09. The second kappa shape index (κ2) is 7.45. The van der Waals surface area contributed by atoms with Crippen LogP contribution in [0.15, 0.2) is 18.2 Å². The van der Waals surface area contributed by atoms with Gasteiger partial charge < -0.3 is 11.1 Å². The van der Waals surface area contributed by atoms with Gasteiger partial charge in [0.2, 0.25) is 5.91 Å². The Bertz CT molecular complexity index is 597. The Balaban J connectivity index is 2.48. The smallest absolute Gasteiger partial charge is 0.224 e. The lowest BCUT2D eigenvalue weighted by Gasteiger charge is -2.11. The maximum atomic E-state index is 11.8. The molecule has 1 unspecified atom stereocenters. The van der Waals surface area contributed by atoms with E-state index < -0.39 is 9.84 Å². The van der Waals surface area contributed by atoms with Gasteiger partial charge in [0.1, 0.15) is 0 Å². The molecule has 0 saturated heterocycles. The molecule has 0 fully saturated rings. The van der Waals surface area contributed by atoms with Crippen LogP contribution in [0.2, 0.25) is 0 Å². The van der Waals surface area contributed by atoms with E-state index in [0.717, 1.165) is 5.56 Å². The largest absolute Gasteiger partial charge is 0.399 e. The first kappa shape index (κ1) is 17.5. The lowest BCUT2D eigenvalue weighted by atomic mass is 10.1. The van der Waals surface area contributed by atoms with Gasteiger partial charge in [-0.1, -0.05) is 6.92 Å². The molecule has 0 bridgehead atoms. The molecular weight excluding hydrogens is 288 g/mol. The molecular formula is C15H24N2O3S. The van der Waals surface area contributed by atoms with Crippen molar-refractivity contribution in [3.63, 3.8) is 0 Å². The summed E-state index contributed by atoms with van der Waals surface area (Å²) < 4.78 is 23.7.